The Balaban J connectivity index is 1.82. The van der Waals surface area contributed by atoms with Crippen molar-refractivity contribution in [3.63, 3.8) is 0 Å². The van der Waals surface area contributed by atoms with E-state index in [9.17, 15) is 8.42 Å². The smallest absolute Gasteiger partial charge is 0.261 e. The number of aryl methyl sites for hydroxylation is 2. The molecular weight excluding hydrogens is 336 g/mol. The first-order chi connectivity index (χ1) is 11.9. The van der Waals surface area contributed by atoms with E-state index in [2.05, 4.69) is 20.0 Å². The van der Waals surface area contributed by atoms with Crippen LogP contribution in [0.5, 0.6) is 0 Å². The largest absolute Gasteiger partial charge is 0.324 e. The van der Waals surface area contributed by atoms with Gasteiger partial charge in [-0.2, -0.15) is 0 Å². The molecule has 0 aliphatic rings. The Morgan fingerprint density at radius 3 is 2.12 bits per heavy atom. The molecule has 3 aromatic rings. The lowest BCUT2D eigenvalue weighted by molar-refractivity contribution is 0.601. The summed E-state index contributed by atoms with van der Waals surface area (Å²) in [7, 11) is -3.63. The zero-order valence-electron chi connectivity index (χ0n) is 13.9. The number of sulfonamides is 1. The third-order valence-corrected chi connectivity index (χ3v) is 4.80. The summed E-state index contributed by atoms with van der Waals surface area (Å²) in [5.41, 5.74) is 2.86. The van der Waals surface area contributed by atoms with E-state index in [1.807, 2.05) is 26.0 Å². The molecule has 2 aromatic carbocycles. The van der Waals surface area contributed by atoms with Gasteiger partial charge in [-0.25, -0.2) is 18.4 Å². The maximum Gasteiger partial charge on any atom is 0.261 e. The lowest BCUT2D eigenvalue weighted by atomic mass is 10.3. The highest BCUT2D eigenvalue weighted by Gasteiger charge is 2.13. The van der Waals surface area contributed by atoms with Gasteiger partial charge >= 0.3 is 0 Å². The van der Waals surface area contributed by atoms with Gasteiger partial charge in [0.1, 0.15) is 0 Å². The summed E-state index contributed by atoms with van der Waals surface area (Å²) in [5, 5.41) is 3.09. The summed E-state index contributed by atoms with van der Waals surface area (Å²) < 4.78 is 27.4. The van der Waals surface area contributed by atoms with Crippen molar-refractivity contribution in [2.75, 3.05) is 10.0 Å². The summed E-state index contributed by atoms with van der Waals surface area (Å²) in [5.74, 6) is 0.473. The van der Waals surface area contributed by atoms with Crippen LogP contribution in [0.1, 0.15) is 11.4 Å². The van der Waals surface area contributed by atoms with E-state index in [0.717, 1.165) is 11.4 Å². The van der Waals surface area contributed by atoms with Gasteiger partial charge in [-0.1, -0.05) is 24.3 Å². The van der Waals surface area contributed by atoms with Crippen molar-refractivity contribution in [3.8, 4) is 0 Å². The second kappa shape index (κ2) is 6.90. The van der Waals surface area contributed by atoms with Crippen LogP contribution in [0.2, 0.25) is 0 Å². The fourth-order valence-electron chi connectivity index (χ4n) is 2.39. The van der Waals surface area contributed by atoms with Crippen molar-refractivity contribution < 1.29 is 8.42 Å². The molecule has 25 heavy (non-hydrogen) atoms. The van der Waals surface area contributed by atoms with Gasteiger partial charge in [0.25, 0.3) is 10.0 Å². The first kappa shape index (κ1) is 16.9. The van der Waals surface area contributed by atoms with Crippen LogP contribution in [0.3, 0.4) is 0 Å². The van der Waals surface area contributed by atoms with Crippen molar-refractivity contribution in [1.29, 1.82) is 0 Å². The van der Waals surface area contributed by atoms with Gasteiger partial charge in [-0.05, 0) is 50.2 Å². The molecular formula is C18H18N4O2S. The van der Waals surface area contributed by atoms with Gasteiger partial charge in [0.05, 0.1) is 10.6 Å². The van der Waals surface area contributed by atoms with Crippen molar-refractivity contribution in [1.82, 2.24) is 9.97 Å². The predicted octanol–water partition coefficient (Wildman–Crippen LogP) is 3.64. The predicted molar refractivity (Wildman–Crippen MR) is 98.5 cm³/mol. The lowest BCUT2D eigenvalue weighted by Crippen LogP contribution is -2.12. The second-order valence-corrected chi connectivity index (χ2v) is 7.28. The summed E-state index contributed by atoms with van der Waals surface area (Å²) >= 11 is 0. The summed E-state index contributed by atoms with van der Waals surface area (Å²) in [6.45, 7) is 3.79. The highest BCUT2D eigenvalue weighted by molar-refractivity contribution is 7.92. The average Bonchev–Trinajstić information content (AvgIpc) is 2.54. The maximum absolute atomic E-state index is 12.4. The van der Waals surface area contributed by atoms with Crippen molar-refractivity contribution in [3.05, 3.63) is 72.1 Å². The van der Waals surface area contributed by atoms with Crippen molar-refractivity contribution >= 4 is 27.3 Å². The molecule has 1 aromatic heterocycles. The Hall–Kier alpha value is -2.93. The molecule has 7 heteroatoms. The van der Waals surface area contributed by atoms with E-state index >= 15 is 0 Å². The Bertz CT molecular complexity index is 969. The normalized spacial score (nSPS) is 11.1. The highest BCUT2D eigenvalue weighted by atomic mass is 32.2. The number of nitrogens with zero attached hydrogens (tertiary/aromatic N) is 2. The number of rotatable bonds is 5. The number of anilines is 3. The lowest BCUT2D eigenvalue weighted by Gasteiger charge is -2.11. The van der Waals surface area contributed by atoms with Crippen LogP contribution in [0, 0.1) is 13.8 Å². The fourth-order valence-corrected chi connectivity index (χ4v) is 3.46. The molecule has 1 heterocycles. The van der Waals surface area contributed by atoms with E-state index in [-0.39, 0.29) is 4.90 Å². The molecule has 0 atom stereocenters. The van der Waals surface area contributed by atoms with E-state index in [0.29, 0.717) is 17.3 Å². The van der Waals surface area contributed by atoms with Crippen LogP contribution in [-0.4, -0.2) is 18.4 Å². The monoisotopic (exact) mass is 354 g/mol. The van der Waals surface area contributed by atoms with Crippen LogP contribution in [0.15, 0.2) is 65.6 Å². The molecule has 0 fully saturated rings. The fraction of sp³-hybridized carbons (Fsp3) is 0.111. The third-order valence-electron chi connectivity index (χ3n) is 3.41. The van der Waals surface area contributed by atoms with Crippen LogP contribution < -0.4 is 10.0 Å². The number of nitrogens with one attached hydrogen (secondary N) is 2. The molecule has 0 aliphatic heterocycles. The Morgan fingerprint density at radius 2 is 1.44 bits per heavy atom. The zero-order valence-corrected chi connectivity index (χ0v) is 14.7. The summed E-state index contributed by atoms with van der Waals surface area (Å²) in [4.78, 5) is 8.85. The molecule has 0 radical (unpaired) electrons. The number of benzene rings is 2. The van der Waals surface area contributed by atoms with Gasteiger partial charge in [0.2, 0.25) is 5.95 Å². The van der Waals surface area contributed by atoms with Crippen molar-refractivity contribution in [2.45, 2.75) is 18.7 Å². The van der Waals surface area contributed by atoms with E-state index in [1.165, 1.54) is 0 Å². The zero-order chi connectivity index (χ0) is 17.9. The van der Waals surface area contributed by atoms with Crippen LogP contribution >= 0.6 is 0 Å². The van der Waals surface area contributed by atoms with Gasteiger partial charge in [0, 0.05) is 17.1 Å². The average molecular weight is 354 g/mol. The maximum atomic E-state index is 12.4. The molecule has 0 spiro atoms. The Labute approximate surface area is 147 Å². The van der Waals surface area contributed by atoms with Crippen LogP contribution in [0.4, 0.5) is 17.3 Å². The Morgan fingerprint density at radius 1 is 0.800 bits per heavy atom. The number of hydrogen-bond acceptors (Lipinski definition) is 5. The first-order valence-electron chi connectivity index (χ1n) is 7.70. The standard InChI is InChI=1S/C18H18N4O2S/c1-13-11-14(2)20-18(19-13)21-15-7-6-8-16(12-15)22-25(23,24)17-9-4-3-5-10-17/h3-12,22H,1-2H3,(H,19,20,21). The minimum Gasteiger partial charge on any atom is -0.324 e. The second-order valence-electron chi connectivity index (χ2n) is 5.60. The summed E-state index contributed by atoms with van der Waals surface area (Å²) in [6.07, 6.45) is 0. The quantitative estimate of drug-likeness (QED) is 0.731. The molecule has 6 nitrogen and oxygen atoms in total. The number of aromatic nitrogens is 2. The molecule has 2 N–H and O–H groups in total. The highest BCUT2D eigenvalue weighted by Crippen LogP contribution is 2.21. The molecule has 0 amide bonds. The number of hydrogen-bond donors (Lipinski definition) is 2. The topological polar surface area (TPSA) is 84.0 Å². The molecule has 3 rings (SSSR count). The molecule has 0 saturated heterocycles. The molecule has 0 unspecified atom stereocenters. The molecule has 0 saturated carbocycles. The Kier molecular flexibility index (Phi) is 4.67. The molecule has 0 aliphatic carbocycles. The van der Waals surface area contributed by atoms with Crippen molar-refractivity contribution in [2.24, 2.45) is 0 Å². The van der Waals surface area contributed by atoms with Gasteiger partial charge in [-0.15, -0.1) is 0 Å². The van der Waals surface area contributed by atoms with Gasteiger partial charge in [0.15, 0.2) is 0 Å². The summed E-state index contributed by atoms with van der Waals surface area (Å²) in [6, 6.07) is 17.1. The van der Waals surface area contributed by atoms with Gasteiger partial charge in [-0.3, -0.25) is 4.72 Å². The van der Waals surface area contributed by atoms with E-state index < -0.39 is 10.0 Å². The minimum atomic E-state index is -3.63. The van der Waals surface area contributed by atoms with Gasteiger partial charge < -0.3 is 5.32 Å². The first-order valence-corrected chi connectivity index (χ1v) is 9.18. The molecule has 0 bridgehead atoms. The van der Waals surface area contributed by atoms with E-state index in [4.69, 9.17) is 0 Å². The van der Waals surface area contributed by atoms with Crippen LogP contribution in [0.25, 0.3) is 0 Å². The SMILES string of the molecule is Cc1cc(C)nc(Nc2cccc(NS(=O)(=O)c3ccccc3)c2)n1. The third kappa shape index (κ3) is 4.33. The minimum absolute atomic E-state index is 0.214. The molecule has 128 valence electrons. The van der Waals surface area contributed by atoms with Crippen LogP contribution in [-0.2, 0) is 10.0 Å². The van der Waals surface area contributed by atoms with E-state index in [1.54, 1.807) is 48.5 Å².